The summed E-state index contributed by atoms with van der Waals surface area (Å²) in [5.74, 6) is 1.61. The van der Waals surface area contributed by atoms with Crippen LogP contribution in [0.15, 0.2) is 28.8 Å². The highest BCUT2D eigenvalue weighted by Crippen LogP contribution is 2.21. The summed E-state index contributed by atoms with van der Waals surface area (Å²) in [7, 11) is 0. The van der Waals surface area contributed by atoms with Crippen molar-refractivity contribution in [2.75, 3.05) is 36.9 Å². The van der Waals surface area contributed by atoms with E-state index in [0.29, 0.717) is 36.5 Å². The SMILES string of the molecule is Nc1ccccc1OCc1nc(N2CCOCC2)no1. The molecule has 7 nitrogen and oxygen atoms in total. The van der Waals surface area contributed by atoms with Crippen molar-refractivity contribution in [2.24, 2.45) is 0 Å². The van der Waals surface area contributed by atoms with Gasteiger partial charge in [-0.3, -0.25) is 0 Å². The number of anilines is 2. The van der Waals surface area contributed by atoms with Crippen LogP contribution in [-0.2, 0) is 11.3 Å². The monoisotopic (exact) mass is 276 g/mol. The average Bonchev–Trinajstić information content (AvgIpc) is 2.96. The first-order valence-electron chi connectivity index (χ1n) is 6.45. The molecular weight excluding hydrogens is 260 g/mol. The van der Waals surface area contributed by atoms with Crippen molar-refractivity contribution in [1.82, 2.24) is 10.1 Å². The highest BCUT2D eigenvalue weighted by Gasteiger charge is 2.17. The normalized spacial score (nSPS) is 15.3. The number of para-hydroxylation sites is 2. The Kier molecular flexibility index (Phi) is 3.69. The molecule has 0 aliphatic carbocycles. The van der Waals surface area contributed by atoms with Crippen molar-refractivity contribution in [3.05, 3.63) is 30.2 Å². The topological polar surface area (TPSA) is 86.6 Å². The number of benzene rings is 1. The number of rotatable bonds is 4. The number of hydrogen-bond donors (Lipinski definition) is 1. The summed E-state index contributed by atoms with van der Waals surface area (Å²) in [6.45, 7) is 3.10. The molecular formula is C13H16N4O3. The zero-order chi connectivity index (χ0) is 13.8. The lowest BCUT2D eigenvalue weighted by Gasteiger charge is -2.24. The van der Waals surface area contributed by atoms with Crippen LogP contribution < -0.4 is 15.4 Å². The Bertz CT molecular complexity index is 566. The largest absolute Gasteiger partial charge is 0.482 e. The molecule has 0 amide bonds. The van der Waals surface area contributed by atoms with E-state index in [1.807, 2.05) is 17.0 Å². The summed E-state index contributed by atoms with van der Waals surface area (Å²) in [5, 5.41) is 3.95. The summed E-state index contributed by atoms with van der Waals surface area (Å²) in [6.07, 6.45) is 0. The predicted octanol–water partition coefficient (Wildman–Crippen LogP) is 1.07. The fraction of sp³-hybridized carbons (Fsp3) is 0.385. The zero-order valence-electron chi connectivity index (χ0n) is 11.0. The number of nitrogens with zero attached hydrogens (tertiary/aromatic N) is 3. The van der Waals surface area contributed by atoms with Crippen LogP contribution in [0.4, 0.5) is 11.6 Å². The summed E-state index contributed by atoms with van der Waals surface area (Å²) in [5.41, 5.74) is 6.38. The minimum atomic E-state index is 0.200. The molecule has 1 aromatic heterocycles. The molecule has 106 valence electrons. The van der Waals surface area contributed by atoms with Gasteiger partial charge in [0.15, 0.2) is 6.61 Å². The van der Waals surface area contributed by atoms with E-state index >= 15 is 0 Å². The maximum Gasteiger partial charge on any atom is 0.266 e. The highest BCUT2D eigenvalue weighted by atomic mass is 16.5. The van der Waals surface area contributed by atoms with Crippen molar-refractivity contribution in [3.63, 3.8) is 0 Å². The molecule has 1 saturated heterocycles. The van der Waals surface area contributed by atoms with Crippen molar-refractivity contribution < 1.29 is 14.0 Å². The van der Waals surface area contributed by atoms with Crippen molar-refractivity contribution in [1.29, 1.82) is 0 Å². The molecule has 7 heteroatoms. The van der Waals surface area contributed by atoms with E-state index in [1.165, 1.54) is 0 Å². The molecule has 0 spiro atoms. The second kappa shape index (κ2) is 5.79. The van der Waals surface area contributed by atoms with Gasteiger partial charge in [0.1, 0.15) is 5.75 Å². The minimum Gasteiger partial charge on any atom is -0.482 e. The van der Waals surface area contributed by atoms with Crippen molar-refractivity contribution in [3.8, 4) is 5.75 Å². The lowest BCUT2D eigenvalue weighted by Crippen LogP contribution is -2.36. The van der Waals surface area contributed by atoms with E-state index in [2.05, 4.69) is 10.1 Å². The van der Waals surface area contributed by atoms with Gasteiger partial charge in [0.05, 0.1) is 18.9 Å². The third-order valence-electron chi connectivity index (χ3n) is 3.02. The fourth-order valence-corrected chi connectivity index (χ4v) is 1.95. The molecule has 1 fully saturated rings. The molecule has 20 heavy (non-hydrogen) atoms. The molecule has 0 unspecified atom stereocenters. The fourth-order valence-electron chi connectivity index (χ4n) is 1.95. The van der Waals surface area contributed by atoms with Gasteiger partial charge in [0.25, 0.3) is 11.8 Å². The molecule has 2 aromatic rings. The smallest absolute Gasteiger partial charge is 0.266 e. The Hall–Kier alpha value is -2.28. The number of nitrogens with two attached hydrogens (primary N) is 1. The van der Waals surface area contributed by atoms with Gasteiger partial charge in [-0.2, -0.15) is 4.98 Å². The Morgan fingerprint density at radius 3 is 2.85 bits per heavy atom. The van der Waals surface area contributed by atoms with Crippen LogP contribution in [0.25, 0.3) is 0 Å². The van der Waals surface area contributed by atoms with Gasteiger partial charge >= 0.3 is 0 Å². The predicted molar refractivity (Wildman–Crippen MR) is 72.5 cm³/mol. The van der Waals surface area contributed by atoms with Crippen LogP contribution >= 0.6 is 0 Å². The summed E-state index contributed by atoms with van der Waals surface area (Å²) < 4.78 is 16.0. The van der Waals surface area contributed by atoms with Gasteiger partial charge in [-0.15, -0.1) is 0 Å². The second-order valence-electron chi connectivity index (χ2n) is 4.41. The van der Waals surface area contributed by atoms with Gasteiger partial charge in [-0.05, 0) is 17.3 Å². The standard InChI is InChI=1S/C13H16N4O3/c14-10-3-1-2-4-11(10)19-9-12-15-13(16-20-12)17-5-7-18-8-6-17/h1-4H,5-9,14H2. The van der Waals surface area contributed by atoms with Crippen LogP contribution in [-0.4, -0.2) is 36.4 Å². The number of morpholine rings is 1. The number of hydrogen-bond acceptors (Lipinski definition) is 7. The van der Waals surface area contributed by atoms with E-state index in [1.54, 1.807) is 12.1 Å². The molecule has 2 N–H and O–H groups in total. The average molecular weight is 276 g/mol. The molecule has 1 aliphatic rings. The Morgan fingerprint density at radius 1 is 1.25 bits per heavy atom. The second-order valence-corrected chi connectivity index (χ2v) is 4.41. The van der Waals surface area contributed by atoms with Gasteiger partial charge < -0.3 is 24.6 Å². The third kappa shape index (κ3) is 2.83. The lowest BCUT2D eigenvalue weighted by molar-refractivity contribution is 0.121. The maximum absolute atomic E-state index is 5.79. The lowest BCUT2D eigenvalue weighted by atomic mass is 10.3. The quantitative estimate of drug-likeness (QED) is 0.836. The number of nitrogen functional groups attached to an aromatic ring is 1. The van der Waals surface area contributed by atoms with Crippen LogP contribution in [0.1, 0.15) is 5.89 Å². The first-order valence-corrected chi connectivity index (χ1v) is 6.45. The Morgan fingerprint density at radius 2 is 2.05 bits per heavy atom. The maximum atomic E-state index is 5.79. The van der Waals surface area contributed by atoms with E-state index in [4.69, 9.17) is 19.7 Å². The first-order chi connectivity index (χ1) is 9.83. The Balaban J connectivity index is 1.61. The molecule has 0 atom stereocenters. The van der Waals surface area contributed by atoms with E-state index in [0.717, 1.165) is 13.1 Å². The van der Waals surface area contributed by atoms with E-state index < -0.39 is 0 Å². The minimum absolute atomic E-state index is 0.200. The summed E-state index contributed by atoms with van der Waals surface area (Å²) in [6, 6.07) is 7.29. The molecule has 3 rings (SSSR count). The van der Waals surface area contributed by atoms with Gasteiger partial charge in [-0.1, -0.05) is 12.1 Å². The van der Waals surface area contributed by atoms with E-state index in [-0.39, 0.29) is 6.61 Å². The third-order valence-corrected chi connectivity index (χ3v) is 3.02. The van der Waals surface area contributed by atoms with Crippen LogP contribution in [0.2, 0.25) is 0 Å². The van der Waals surface area contributed by atoms with E-state index in [9.17, 15) is 0 Å². The van der Waals surface area contributed by atoms with Gasteiger partial charge in [-0.25, -0.2) is 0 Å². The number of ether oxygens (including phenoxy) is 2. The Labute approximate surface area is 116 Å². The van der Waals surface area contributed by atoms with Crippen LogP contribution in [0, 0.1) is 0 Å². The molecule has 1 aromatic carbocycles. The van der Waals surface area contributed by atoms with Crippen LogP contribution in [0.5, 0.6) is 5.75 Å². The summed E-state index contributed by atoms with van der Waals surface area (Å²) >= 11 is 0. The molecule has 2 heterocycles. The van der Waals surface area contributed by atoms with Gasteiger partial charge in [0, 0.05) is 13.1 Å². The first kappa shape index (κ1) is 12.7. The number of aromatic nitrogens is 2. The highest BCUT2D eigenvalue weighted by molar-refractivity contribution is 5.51. The molecule has 0 bridgehead atoms. The van der Waals surface area contributed by atoms with Crippen LogP contribution in [0.3, 0.4) is 0 Å². The molecule has 1 aliphatic heterocycles. The zero-order valence-corrected chi connectivity index (χ0v) is 11.0. The van der Waals surface area contributed by atoms with Crippen molar-refractivity contribution in [2.45, 2.75) is 6.61 Å². The van der Waals surface area contributed by atoms with Crippen molar-refractivity contribution >= 4 is 11.6 Å². The van der Waals surface area contributed by atoms with Gasteiger partial charge in [0.2, 0.25) is 0 Å². The molecule has 0 radical (unpaired) electrons. The molecule has 0 saturated carbocycles. The summed E-state index contributed by atoms with van der Waals surface area (Å²) in [4.78, 5) is 6.33.